The van der Waals surface area contributed by atoms with Crippen molar-refractivity contribution in [3.05, 3.63) is 29.3 Å². The molecule has 0 fully saturated rings. The number of nitrogens with one attached hydrogen (secondary N) is 1. The Morgan fingerprint density at radius 2 is 2.05 bits per heavy atom. The van der Waals surface area contributed by atoms with E-state index in [1.807, 2.05) is 0 Å². The zero-order valence-corrected chi connectivity index (χ0v) is 13.0. The number of hydrogen-bond acceptors (Lipinski definition) is 4. The van der Waals surface area contributed by atoms with Crippen LogP contribution in [0, 0.1) is 0 Å². The number of carbonyl (C=O) groups excluding carboxylic acids is 1. The summed E-state index contributed by atoms with van der Waals surface area (Å²) in [6, 6.07) is 4.39. The van der Waals surface area contributed by atoms with Gasteiger partial charge in [0.05, 0.1) is 4.90 Å². The summed E-state index contributed by atoms with van der Waals surface area (Å²) < 4.78 is 33.9. The van der Waals surface area contributed by atoms with Crippen LogP contribution in [0.25, 0.3) is 0 Å². The molecular weight excluding hydrogens is 300 g/mol. The van der Waals surface area contributed by atoms with Crippen LogP contribution >= 0.6 is 0 Å². The average Bonchev–Trinajstić information content (AvgIpc) is 2.36. The first kappa shape index (κ1) is 16.8. The minimum absolute atomic E-state index is 0.0354. The van der Waals surface area contributed by atoms with Gasteiger partial charge < -0.3 is 5.32 Å². The average molecular weight is 318 g/mol. The number of benzene rings is 1. The number of amides is 1. The molecule has 112 valence electrons. The summed E-state index contributed by atoms with van der Waals surface area (Å²) in [5.41, 5.74) is 0.784. The van der Waals surface area contributed by atoms with E-state index in [0.29, 0.717) is 17.7 Å². The van der Waals surface area contributed by atoms with Crippen molar-refractivity contribution in [1.82, 2.24) is 5.32 Å². The second-order valence-electron chi connectivity index (χ2n) is 4.25. The fourth-order valence-electron chi connectivity index (χ4n) is 1.66. The van der Waals surface area contributed by atoms with Crippen molar-refractivity contribution in [2.24, 2.45) is 5.14 Å². The van der Waals surface area contributed by atoms with Crippen LogP contribution in [0.3, 0.4) is 0 Å². The Hall–Kier alpha value is -1.25. The van der Waals surface area contributed by atoms with Crippen molar-refractivity contribution in [3.8, 4) is 0 Å². The zero-order chi connectivity index (χ0) is 15.3. The van der Waals surface area contributed by atoms with E-state index < -0.39 is 26.7 Å². The Balaban J connectivity index is 2.97. The summed E-state index contributed by atoms with van der Waals surface area (Å²) in [7, 11) is -4.86. The van der Waals surface area contributed by atoms with Gasteiger partial charge in [0.2, 0.25) is 10.0 Å². The van der Waals surface area contributed by atoms with E-state index in [9.17, 15) is 17.4 Å². The summed E-state index contributed by atoms with van der Waals surface area (Å²) in [4.78, 5) is 11.8. The molecule has 3 N–H and O–H groups in total. The highest BCUT2D eigenvalue weighted by Gasteiger charge is 2.16. The maximum atomic E-state index is 11.9. The molecule has 0 saturated carbocycles. The number of primary sulfonamides is 1. The van der Waals surface area contributed by atoms with E-state index in [-0.39, 0.29) is 17.0 Å². The summed E-state index contributed by atoms with van der Waals surface area (Å²) in [5, 5.41) is 7.72. The zero-order valence-electron chi connectivity index (χ0n) is 11.4. The minimum atomic E-state index is -3.86. The van der Waals surface area contributed by atoms with Crippen molar-refractivity contribution in [3.63, 3.8) is 0 Å². The number of aryl methyl sites for hydroxylation is 1. The van der Waals surface area contributed by atoms with Gasteiger partial charge in [-0.15, -0.1) is 0 Å². The van der Waals surface area contributed by atoms with Gasteiger partial charge >= 0.3 is 0 Å². The minimum Gasteiger partial charge on any atom is -0.351 e. The van der Waals surface area contributed by atoms with Crippen LogP contribution in [-0.2, 0) is 27.2 Å². The Morgan fingerprint density at radius 3 is 2.55 bits per heavy atom. The Morgan fingerprint density at radius 1 is 1.40 bits per heavy atom. The lowest BCUT2D eigenvalue weighted by atomic mass is 10.1. The molecule has 0 aliphatic carbocycles. The number of sulfonamides is 1. The highest BCUT2D eigenvalue weighted by molar-refractivity contribution is 7.89. The van der Waals surface area contributed by atoms with E-state index in [2.05, 4.69) is 5.32 Å². The maximum absolute atomic E-state index is 11.9. The van der Waals surface area contributed by atoms with Gasteiger partial charge in [-0.25, -0.2) is 13.6 Å². The van der Waals surface area contributed by atoms with Crippen LogP contribution in [-0.4, -0.2) is 37.1 Å². The van der Waals surface area contributed by atoms with Crippen LogP contribution in [0.2, 0.25) is 0 Å². The topological polar surface area (TPSA) is 106 Å². The molecule has 1 rings (SSSR count). The van der Waals surface area contributed by atoms with E-state index in [1.54, 1.807) is 25.3 Å². The first-order valence-electron chi connectivity index (χ1n) is 5.99. The van der Waals surface area contributed by atoms with Gasteiger partial charge in [0.25, 0.3) is 5.91 Å². The number of carbonyl (C=O) groups is 1. The molecule has 1 aromatic rings. The van der Waals surface area contributed by atoms with E-state index in [0.717, 1.165) is 0 Å². The monoisotopic (exact) mass is 318 g/mol. The Kier molecular flexibility index (Phi) is 5.85. The second-order valence-corrected chi connectivity index (χ2v) is 7.34. The fourth-order valence-corrected chi connectivity index (χ4v) is 2.92. The van der Waals surface area contributed by atoms with Crippen LogP contribution in [0.4, 0.5) is 0 Å². The van der Waals surface area contributed by atoms with Crippen LogP contribution in [0.5, 0.6) is 0 Å². The van der Waals surface area contributed by atoms with Crippen molar-refractivity contribution >= 4 is 26.7 Å². The van der Waals surface area contributed by atoms with E-state index in [1.165, 1.54) is 6.07 Å². The molecule has 1 amide bonds. The Bertz CT molecular complexity index is 626. The van der Waals surface area contributed by atoms with Gasteiger partial charge in [0.15, 0.2) is 0 Å². The molecule has 1 unspecified atom stereocenters. The number of hydrogen-bond donors (Lipinski definition) is 2. The molecule has 0 radical (unpaired) electrons. The molecule has 8 heteroatoms. The molecule has 0 aliphatic heterocycles. The summed E-state index contributed by atoms with van der Waals surface area (Å²) in [6.45, 7) is 2.07. The van der Waals surface area contributed by atoms with E-state index in [4.69, 9.17) is 5.14 Å². The quantitative estimate of drug-likeness (QED) is 0.770. The molecule has 0 heterocycles. The predicted octanol–water partition coefficient (Wildman–Crippen LogP) is 0.00470. The summed E-state index contributed by atoms with van der Waals surface area (Å²) in [5.74, 6) is -0.0658. The van der Waals surface area contributed by atoms with Gasteiger partial charge in [0.1, 0.15) is 0 Å². The molecular formula is C12H18N2O4S2. The third kappa shape index (κ3) is 4.69. The summed E-state index contributed by atoms with van der Waals surface area (Å²) in [6.07, 6.45) is 2.05. The smallest absolute Gasteiger partial charge is 0.251 e. The molecule has 20 heavy (non-hydrogen) atoms. The van der Waals surface area contributed by atoms with Crippen molar-refractivity contribution in [2.75, 3.05) is 18.6 Å². The highest BCUT2D eigenvalue weighted by atomic mass is 32.2. The SMILES string of the molecule is CCc1ccc(C(=O)NCCS(C)=O)cc1S(N)(=O)=O. The van der Waals surface area contributed by atoms with Gasteiger partial charge in [-0.1, -0.05) is 13.0 Å². The molecule has 1 aromatic carbocycles. The first-order chi connectivity index (χ1) is 9.25. The molecule has 1 atom stereocenters. The standard InChI is InChI=1S/C12H18N2O4S2/c1-3-9-4-5-10(8-11(9)20(13,17)18)12(15)14-6-7-19(2)16/h4-5,8H,3,6-7H2,1-2H3,(H,14,15)(H2,13,17,18). The predicted molar refractivity (Wildman–Crippen MR) is 78.5 cm³/mol. The fraction of sp³-hybridized carbons (Fsp3) is 0.417. The first-order valence-corrected chi connectivity index (χ1v) is 9.27. The number of rotatable bonds is 6. The van der Waals surface area contributed by atoms with Crippen LogP contribution < -0.4 is 10.5 Å². The molecule has 0 bridgehead atoms. The maximum Gasteiger partial charge on any atom is 0.251 e. The van der Waals surface area contributed by atoms with Gasteiger partial charge in [-0.2, -0.15) is 0 Å². The number of nitrogens with two attached hydrogens (primary N) is 1. The molecule has 0 spiro atoms. The lowest BCUT2D eigenvalue weighted by Crippen LogP contribution is -2.28. The third-order valence-corrected chi connectivity index (χ3v) is 4.46. The largest absolute Gasteiger partial charge is 0.351 e. The van der Waals surface area contributed by atoms with Crippen LogP contribution in [0.15, 0.2) is 23.1 Å². The molecule has 0 saturated heterocycles. The Labute approximate surface area is 121 Å². The van der Waals surface area contributed by atoms with Crippen molar-refractivity contribution in [2.45, 2.75) is 18.2 Å². The van der Waals surface area contributed by atoms with E-state index >= 15 is 0 Å². The second kappa shape index (κ2) is 6.96. The lowest BCUT2D eigenvalue weighted by Gasteiger charge is -2.09. The highest BCUT2D eigenvalue weighted by Crippen LogP contribution is 2.17. The van der Waals surface area contributed by atoms with Crippen molar-refractivity contribution in [1.29, 1.82) is 0 Å². The summed E-state index contributed by atoms with van der Waals surface area (Å²) >= 11 is 0. The third-order valence-electron chi connectivity index (χ3n) is 2.69. The molecule has 0 aliphatic rings. The van der Waals surface area contributed by atoms with Gasteiger partial charge in [-0.3, -0.25) is 9.00 Å². The normalized spacial score (nSPS) is 12.9. The lowest BCUT2D eigenvalue weighted by molar-refractivity contribution is 0.0956. The van der Waals surface area contributed by atoms with Gasteiger partial charge in [-0.05, 0) is 24.1 Å². The van der Waals surface area contributed by atoms with Gasteiger partial charge in [0, 0.05) is 34.9 Å². The van der Waals surface area contributed by atoms with Crippen LogP contribution in [0.1, 0.15) is 22.8 Å². The molecule has 6 nitrogen and oxygen atoms in total. The van der Waals surface area contributed by atoms with Crippen molar-refractivity contribution < 1.29 is 17.4 Å². The molecule has 0 aromatic heterocycles.